The highest BCUT2D eigenvalue weighted by atomic mass is 19.1. The minimum Gasteiger partial charge on any atom is -0.396 e. The van der Waals surface area contributed by atoms with E-state index in [2.05, 4.69) is 5.32 Å². The van der Waals surface area contributed by atoms with E-state index in [9.17, 15) is 9.18 Å². The van der Waals surface area contributed by atoms with Gasteiger partial charge in [0.2, 0.25) is 0 Å². The van der Waals surface area contributed by atoms with E-state index in [1.165, 1.54) is 25.1 Å². The molecule has 0 spiro atoms. The second-order valence-electron chi connectivity index (χ2n) is 4.93. The van der Waals surface area contributed by atoms with Gasteiger partial charge in [-0.15, -0.1) is 0 Å². The lowest BCUT2D eigenvalue weighted by molar-refractivity contribution is 0.101. The van der Waals surface area contributed by atoms with Gasteiger partial charge in [-0.25, -0.2) is 4.39 Å². The predicted molar refractivity (Wildman–Crippen MR) is 65.8 cm³/mol. The lowest BCUT2D eigenvalue weighted by Gasteiger charge is -2.22. The zero-order valence-electron chi connectivity index (χ0n) is 10.4. The van der Waals surface area contributed by atoms with E-state index in [0.29, 0.717) is 17.8 Å². The Morgan fingerprint density at radius 2 is 2.12 bits per heavy atom. The van der Waals surface area contributed by atoms with Crippen LogP contribution < -0.4 is 5.32 Å². The molecule has 0 fully saturated rings. The molecule has 94 valence electrons. The molecule has 1 aromatic rings. The SMILES string of the molecule is CC(=O)c1ccc(F)c(NCC(C)(C)CO)c1. The number of Topliss-reactive ketones (excluding diaryl/α,β-unsaturated/α-hetero) is 1. The van der Waals surface area contributed by atoms with Crippen LogP contribution in [0.25, 0.3) is 0 Å². The molecule has 2 N–H and O–H groups in total. The average Bonchev–Trinajstić information content (AvgIpc) is 2.27. The number of hydrogen-bond acceptors (Lipinski definition) is 3. The van der Waals surface area contributed by atoms with Gasteiger partial charge in [-0.3, -0.25) is 4.79 Å². The number of anilines is 1. The molecule has 17 heavy (non-hydrogen) atoms. The molecule has 0 atom stereocenters. The van der Waals surface area contributed by atoms with Crippen molar-refractivity contribution in [1.82, 2.24) is 0 Å². The predicted octanol–water partition coefficient (Wildman–Crippen LogP) is 2.46. The first-order chi connectivity index (χ1) is 7.85. The van der Waals surface area contributed by atoms with Crippen molar-refractivity contribution in [3.8, 4) is 0 Å². The third kappa shape index (κ3) is 3.82. The third-order valence-electron chi connectivity index (χ3n) is 2.56. The monoisotopic (exact) mass is 239 g/mol. The number of carbonyl (C=O) groups is 1. The van der Waals surface area contributed by atoms with Crippen molar-refractivity contribution in [3.05, 3.63) is 29.6 Å². The Balaban J connectivity index is 2.83. The highest BCUT2D eigenvalue weighted by molar-refractivity contribution is 5.94. The van der Waals surface area contributed by atoms with Gasteiger partial charge in [0.15, 0.2) is 5.78 Å². The molecule has 0 heterocycles. The average molecular weight is 239 g/mol. The summed E-state index contributed by atoms with van der Waals surface area (Å²) in [5, 5.41) is 12.0. The lowest BCUT2D eigenvalue weighted by Crippen LogP contribution is -2.27. The van der Waals surface area contributed by atoms with Crippen LogP contribution in [0.15, 0.2) is 18.2 Å². The van der Waals surface area contributed by atoms with Crippen molar-refractivity contribution in [2.45, 2.75) is 20.8 Å². The number of nitrogens with one attached hydrogen (secondary N) is 1. The molecule has 0 unspecified atom stereocenters. The van der Waals surface area contributed by atoms with Crippen LogP contribution in [0.4, 0.5) is 10.1 Å². The van der Waals surface area contributed by atoms with E-state index >= 15 is 0 Å². The van der Waals surface area contributed by atoms with Crippen LogP contribution in [0.2, 0.25) is 0 Å². The molecule has 0 aliphatic carbocycles. The van der Waals surface area contributed by atoms with Crippen LogP contribution in [0, 0.1) is 11.2 Å². The van der Waals surface area contributed by atoms with Gasteiger partial charge >= 0.3 is 0 Å². The van der Waals surface area contributed by atoms with Crippen molar-refractivity contribution in [3.63, 3.8) is 0 Å². The van der Waals surface area contributed by atoms with E-state index in [-0.39, 0.29) is 17.8 Å². The van der Waals surface area contributed by atoms with Crippen molar-refractivity contribution < 1.29 is 14.3 Å². The second kappa shape index (κ2) is 5.27. The van der Waals surface area contributed by atoms with Crippen LogP contribution >= 0.6 is 0 Å². The normalized spacial score (nSPS) is 11.4. The fourth-order valence-electron chi connectivity index (χ4n) is 1.27. The fraction of sp³-hybridized carbons (Fsp3) is 0.462. The molecule has 0 saturated heterocycles. The van der Waals surface area contributed by atoms with Crippen molar-refractivity contribution in [2.24, 2.45) is 5.41 Å². The molecule has 0 aliphatic heterocycles. The molecule has 1 rings (SSSR count). The zero-order chi connectivity index (χ0) is 13.1. The van der Waals surface area contributed by atoms with Gasteiger partial charge in [0, 0.05) is 24.1 Å². The lowest BCUT2D eigenvalue weighted by atomic mass is 9.95. The number of rotatable bonds is 5. The largest absolute Gasteiger partial charge is 0.396 e. The van der Waals surface area contributed by atoms with Crippen LogP contribution in [0.5, 0.6) is 0 Å². The van der Waals surface area contributed by atoms with E-state index < -0.39 is 5.82 Å². The molecule has 0 aromatic heterocycles. The smallest absolute Gasteiger partial charge is 0.159 e. The van der Waals surface area contributed by atoms with Crippen LogP contribution in [0.3, 0.4) is 0 Å². The molecule has 0 saturated carbocycles. The zero-order valence-corrected chi connectivity index (χ0v) is 10.4. The Morgan fingerprint density at radius 3 is 2.65 bits per heavy atom. The Bertz CT molecular complexity index is 416. The number of benzene rings is 1. The molecular weight excluding hydrogens is 221 g/mol. The number of aliphatic hydroxyl groups is 1. The molecule has 3 nitrogen and oxygen atoms in total. The summed E-state index contributed by atoms with van der Waals surface area (Å²) >= 11 is 0. The molecule has 1 aromatic carbocycles. The highest BCUT2D eigenvalue weighted by Gasteiger charge is 2.17. The summed E-state index contributed by atoms with van der Waals surface area (Å²) in [6.45, 7) is 5.62. The van der Waals surface area contributed by atoms with E-state index in [0.717, 1.165) is 0 Å². The fourth-order valence-corrected chi connectivity index (χ4v) is 1.27. The van der Waals surface area contributed by atoms with Crippen LogP contribution in [-0.4, -0.2) is 24.0 Å². The summed E-state index contributed by atoms with van der Waals surface area (Å²) in [6.07, 6.45) is 0. The number of ketones is 1. The minimum atomic E-state index is -0.399. The number of aliphatic hydroxyl groups excluding tert-OH is 1. The van der Waals surface area contributed by atoms with Crippen LogP contribution in [0.1, 0.15) is 31.1 Å². The van der Waals surface area contributed by atoms with Gasteiger partial charge in [0.05, 0.1) is 5.69 Å². The van der Waals surface area contributed by atoms with Crippen LogP contribution in [-0.2, 0) is 0 Å². The summed E-state index contributed by atoms with van der Waals surface area (Å²) in [5.74, 6) is -0.502. The highest BCUT2D eigenvalue weighted by Crippen LogP contribution is 2.20. The van der Waals surface area contributed by atoms with E-state index in [1.54, 1.807) is 0 Å². The molecule has 0 aliphatic rings. The number of halogens is 1. The summed E-state index contributed by atoms with van der Waals surface area (Å²) in [6, 6.07) is 4.22. The van der Waals surface area contributed by atoms with Crippen molar-refractivity contribution in [1.29, 1.82) is 0 Å². The van der Waals surface area contributed by atoms with Gasteiger partial charge in [0.1, 0.15) is 5.82 Å². The molecular formula is C13H18FNO2. The van der Waals surface area contributed by atoms with Gasteiger partial charge in [-0.2, -0.15) is 0 Å². The van der Waals surface area contributed by atoms with Gasteiger partial charge in [-0.05, 0) is 25.1 Å². The maximum atomic E-state index is 13.5. The molecule has 4 heteroatoms. The van der Waals surface area contributed by atoms with Gasteiger partial charge in [-0.1, -0.05) is 13.8 Å². The maximum Gasteiger partial charge on any atom is 0.159 e. The first kappa shape index (κ1) is 13.6. The molecule has 0 bridgehead atoms. The van der Waals surface area contributed by atoms with E-state index in [4.69, 9.17) is 5.11 Å². The van der Waals surface area contributed by atoms with Crippen molar-refractivity contribution in [2.75, 3.05) is 18.5 Å². The Kier molecular flexibility index (Phi) is 4.23. The van der Waals surface area contributed by atoms with Crippen molar-refractivity contribution >= 4 is 11.5 Å². The number of carbonyl (C=O) groups excluding carboxylic acids is 1. The Labute approximate surface area is 101 Å². The standard InChI is InChI=1S/C13H18FNO2/c1-9(17)10-4-5-11(14)12(6-10)15-7-13(2,3)8-16/h4-6,15-16H,7-8H2,1-3H3. The third-order valence-corrected chi connectivity index (χ3v) is 2.56. The maximum absolute atomic E-state index is 13.5. The van der Waals surface area contributed by atoms with E-state index in [1.807, 2.05) is 13.8 Å². The first-order valence-electron chi connectivity index (χ1n) is 5.51. The number of hydrogen-bond donors (Lipinski definition) is 2. The second-order valence-corrected chi connectivity index (χ2v) is 4.93. The Hall–Kier alpha value is -1.42. The summed E-state index contributed by atoms with van der Waals surface area (Å²) < 4.78 is 13.5. The summed E-state index contributed by atoms with van der Waals surface area (Å²) in [5.41, 5.74) is 0.425. The minimum absolute atomic E-state index is 0.00795. The topological polar surface area (TPSA) is 49.3 Å². The summed E-state index contributed by atoms with van der Waals surface area (Å²) in [7, 11) is 0. The Morgan fingerprint density at radius 1 is 1.47 bits per heavy atom. The van der Waals surface area contributed by atoms with Gasteiger partial charge in [0.25, 0.3) is 0 Å². The quantitative estimate of drug-likeness (QED) is 0.776. The molecule has 0 radical (unpaired) electrons. The first-order valence-corrected chi connectivity index (χ1v) is 5.51. The molecule has 0 amide bonds. The van der Waals surface area contributed by atoms with Gasteiger partial charge < -0.3 is 10.4 Å². The summed E-state index contributed by atoms with van der Waals surface area (Å²) in [4.78, 5) is 11.2.